The zero-order valence-corrected chi connectivity index (χ0v) is 11.5. The SMILES string of the molecule is CC(C)(C)NCc1nnnn1C(C)(C)C1CC1. The van der Waals surface area contributed by atoms with Gasteiger partial charge in [0.2, 0.25) is 0 Å². The molecule has 5 heteroatoms. The minimum atomic E-state index is 0.0401. The highest BCUT2D eigenvalue weighted by Gasteiger charge is 2.41. The van der Waals surface area contributed by atoms with Crippen molar-refractivity contribution in [3.05, 3.63) is 5.82 Å². The van der Waals surface area contributed by atoms with Gasteiger partial charge in [-0.1, -0.05) is 0 Å². The molecule has 2 rings (SSSR count). The van der Waals surface area contributed by atoms with E-state index in [1.165, 1.54) is 12.8 Å². The van der Waals surface area contributed by atoms with Crippen LogP contribution < -0.4 is 5.32 Å². The van der Waals surface area contributed by atoms with E-state index in [1.807, 2.05) is 4.68 Å². The van der Waals surface area contributed by atoms with E-state index in [9.17, 15) is 0 Å². The molecule has 0 aromatic carbocycles. The summed E-state index contributed by atoms with van der Waals surface area (Å²) in [7, 11) is 0. The summed E-state index contributed by atoms with van der Waals surface area (Å²) in [5, 5.41) is 15.6. The van der Waals surface area contributed by atoms with E-state index in [4.69, 9.17) is 0 Å². The minimum Gasteiger partial charge on any atom is -0.305 e. The van der Waals surface area contributed by atoms with Crippen LogP contribution in [0.25, 0.3) is 0 Å². The number of nitrogens with one attached hydrogen (secondary N) is 1. The first-order valence-corrected chi connectivity index (χ1v) is 6.33. The van der Waals surface area contributed by atoms with Gasteiger partial charge in [0.1, 0.15) is 0 Å². The van der Waals surface area contributed by atoms with Crippen LogP contribution in [-0.4, -0.2) is 25.7 Å². The lowest BCUT2D eigenvalue weighted by Gasteiger charge is -2.27. The summed E-state index contributed by atoms with van der Waals surface area (Å²) in [6.07, 6.45) is 2.58. The molecule has 1 saturated carbocycles. The molecule has 1 N–H and O–H groups in total. The van der Waals surface area contributed by atoms with Crippen LogP contribution in [0.1, 0.15) is 53.3 Å². The Morgan fingerprint density at radius 1 is 1.24 bits per heavy atom. The van der Waals surface area contributed by atoms with E-state index in [0.717, 1.165) is 11.7 Å². The molecule has 1 heterocycles. The largest absolute Gasteiger partial charge is 0.305 e. The molecule has 0 aliphatic heterocycles. The third-order valence-corrected chi connectivity index (χ3v) is 3.43. The van der Waals surface area contributed by atoms with E-state index in [-0.39, 0.29) is 11.1 Å². The molecule has 1 aromatic heterocycles. The Kier molecular flexibility index (Phi) is 2.97. The van der Waals surface area contributed by atoms with Crippen molar-refractivity contribution >= 4 is 0 Å². The first-order chi connectivity index (χ1) is 7.81. The molecule has 1 aromatic rings. The molecule has 0 unspecified atom stereocenters. The Labute approximate surface area is 103 Å². The van der Waals surface area contributed by atoms with Crippen molar-refractivity contribution < 1.29 is 0 Å². The average Bonchev–Trinajstić information content (AvgIpc) is 2.93. The summed E-state index contributed by atoms with van der Waals surface area (Å²) >= 11 is 0. The van der Waals surface area contributed by atoms with Crippen molar-refractivity contribution in [1.82, 2.24) is 25.5 Å². The second-order valence-corrected chi connectivity index (χ2v) is 6.54. The van der Waals surface area contributed by atoms with Crippen molar-refractivity contribution in [1.29, 1.82) is 0 Å². The van der Waals surface area contributed by atoms with Crippen molar-refractivity contribution in [2.24, 2.45) is 5.92 Å². The predicted molar refractivity (Wildman–Crippen MR) is 66.5 cm³/mol. The van der Waals surface area contributed by atoms with Crippen LogP contribution in [0.3, 0.4) is 0 Å². The van der Waals surface area contributed by atoms with Gasteiger partial charge in [0.25, 0.3) is 0 Å². The number of rotatable bonds is 4. The fourth-order valence-electron chi connectivity index (χ4n) is 2.07. The lowest BCUT2D eigenvalue weighted by atomic mass is 9.99. The maximum absolute atomic E-state index is 4.17. The molecule has 0 amide bonds. The van der Waals surface area contributed by atoms with E-state index in [1.54, 1.807) is 0 Å². The van der Waals surface area contributed by atoms with Crippen LogP contribution in [0.2, 0.25) is 0 Å². The Hall–Kier alpha value is -0.970. The van der Waals surface area contributed by atoms with Crippen molar-refractivity contribution in [3.63, 3.8) is 0 Å². The molecule has 0 spiro atoms. The van der Waals surface area contributed by atoms with Gasteiger partial charge in [0, 0.05) is 5.54 Å². The average molecular weight is 237 g/mol. The van der Waals surface area contributed by atoms with Crippen LogP contribution in [0, 0.1) is 5.92 Å². The van der Waals surface area contributed by atoms with Crippen LogP contribution in [0.15, 0.2) is 0 Å². The minimum absolute atomic E-state index is 0.0401. The number of nitrogens with zero attached hydrogens (tertiary/aromatic N) is 4. The zero-order valence-electron chi connectivity index (χ0n) is 11.5. The van der Waals surface area contributed by atoms with Crippen LogP contribution in [0.5, 0.6) is 0 Å². The highest BCUT2D eigenvalue weighted by atomic mass is 15.6. The molecule has 1 aliphatic carbocycles. The topological polar surface area (TPSA) is 55.6 Å². The summed E-state index contributed by atoms with van der Waals surface area (Å²) in [4.78, 5) is 0. The third-order valence-electron chi connectivity index (χ3n) is 3.43. The molecule has 1 aliphatic rings. The van der Waals surface area contributed by atoms with Crippen molar-refractivity contribution in [2.75, 3.05) is 0 Å². The second-order valence-electron chi connectivity index (χ2n) is 6.54. The van der Waals surface area contributed by atoms with Gasteiger partial charge in [0.05, 0.1) is 12.1 Å². The molecular weight excluding hydrogens is 214 g/mol. The Balaban J connectivity index is 2.11. The van der Waals surface area contributed by atoms with Gasteiger partial charge in [-0.3, -0.25) is 0 Å². The second kappa shape index (κ2) is 4.05. The monoisotopic (exact) mass is 237 g/mol. The molecule has 96 valence electrons. The highest BCUT2D eigenvalue weighted by Crippen LogP contribution is 2.43. The summed E-state index contributed by atoms with van der Waals surface area (Å²) in [6, 6.07) is 0. The lowest BCUT2D eigenvalue weighted by Crippen LogP contribution is -2.38. The number of hydrogen-bond acceptors (Lipinski definition) is 4. The van der Waals surface area contributed by atoms with Crippen LogP contribution >= 0.6 is 0 Å². The van der Waals surface area contributed by atoms with E-state index < -0.39 is 0 Å². The Morgan fingerprint density at radius 2 is 1.88 bits per heavy atom. The first kappa shape index (κ1) is 12.5. The summed E-state index contributed by atoms with van der Waals surface area (Å²) in [6.45, 7) is 11.6. The molecule has 1 fully saturated rings. The summed E-state index contributed by atoms with van der Waals surface area (Å²) in [5.41, 5.74) is 0.124. The summed E-state index contributed by atoms with van der Waals surface area (Å²) < 4.78 is 1.99. The van der Waals surface area contributed by atoms with Crippen molar-refractivity contribution in [3.8, 4) is 0 Å². The molecule has 0 bridgehead atoms. The van der Waals surface area contributed by atoms with E-state index in [2.05, 4.69) is 55.5 Å². The molecule has 0 saturated heterocycles. The normalized spacial score (nSPS) is 17.5. The Bertz CT molecular complexity index is 384. The van der Waals surface area contributed by atoms with E-state index >= 15 is 0 Å². The molecule has 17 heavy (non-hydrogen) atoms. The molecule has 0 atom stereocenters. The quantitative estimate of drug-likeness (QED) is 0.866. The lowest BCUT2D eigenvalue weighted by molar-refractivity contribution is 0.254. The number of tetrazole rings is 1. The first-order valence-electron chi connectivity index (χ1n) is 6.33. The fourth-order valence-corrected chi connectivity index (χ4v) is 2.07. The van der Waals surface area contributed by atoms with Crippen LogP contribution in [-0.2, 0) is 12.1 Å². The van der Waals surface area contributed by atoms with E-state index in [0.29, 0.717) is 6.54 Å². The third kappa shape index (κ3) is 2.83. The van der Waals surface area contributed by atoms with Gasteiger partial charge in [-0.05, 0) is 63.8 Å². The summed E-state index contributed by atoms with van der Waals surface area (Å²) in [5.74, 6) is 1.65. The smallest absolute Gasteiger partial charge is 0.165 e. The maximum Gasteiger partial charge on any atom is 0.165 e. The zero-order chi connectivity index (χ0) is 12.7. The number of aromatic nitrogens is 4. The van der Waals surface area contributed by atoms with Gasteiger partial charge in [-0.15, -0.1) is 5.10 Å². The standard InChI is InChI=1S/C12H23N5/c1-11(2,3)13-8-10-14-15-16-17(10)12(4,5)9-6-7-9/h9,13H,6-8H2,1-5H3. The van der Waals surface area contributed by atoms with Gasteiger partial charge >= 0.3 is 0 Å². The van der Waals surface area contributed by atoms with Gasteiger partial charge < -0.3 is 5.32 Å². The molecule has 0 radical (unpaired) electrons. The van der Waals surface area contributed by atoms with Gasteiger partial charge in [0.15, 0.2) is 5.82 Å². The van der Waals surface area contributed by atoms with Gasteiger partial charge in [-0.2, -0.15) is 0 Å². The fraction of sp³-hybridized carbons (Fsp3) is 0.917. The highest BCUT2D eigenvalue weighted by molar-refractivity contribution is 4.97. The molecule has 5 nitrogen and oxygen atoms in total. The molecular formula is C12H23N5. The Morgan fingerprint density at radius 3 is 2.41 bits per heavy atom. The predicted octanol–water partition coefficient (Wildman–Crippen LogP) is 1.71. The number of hydrogen-bond donors (Lipinski definition) is 1. The maximum atomic E-state index is 4.17. The van der Waals surface area contributed by atoms with Gasteiger partial charge in [-0.25, -0.2) is 4.68 Å². The van der Waals surface area contributed by atoms with Crippen LogP contribution in [0.4, 0.5) is 0 Å². The van der Waals surface area contributed by atoms with Crippen molar-refractivity contribution in [2.45, 2.75) is 65.1 Å².